The van der Waals surface area contributed by atoms with Gasteiger partial charge in [-0.25, -0.2) is 8.42 Å². The first kappa shape index (κ1) is 33.9. The molecule has 7 N–H and O–H groups in total. The first-order chi connectivity index (χ1) is 19.7. The highest BCUT2D eigenvalue weighted by atomic mass is 32.2. The zero-order valence-electron chi connectivity index (χ0n) is 24.5. The molecule has 1 amide bonds. The van der Waals surface area contributed by atoms with Gasteiger partial charge in [-0.3, -0.25) is 4.79 Å². The van der Waals surface area contributed by atoms with Gasteiger partial charge >= 0.3 is 0 Å². The Balaban J connectivity index is 2.11. The van der Waals surface area contributed by atoms with Crippen LogP contribution < -0.4 is 10.2 Å². The van der Waals surface area contributed by atoms with Crippen LogP contribution in [0.2, 0.25) is 0 Å². The van der Waals surface area contributed by atoms with Gasteiger partial charge in [0.25, 0.3) is 5.91 Å². The van der Waals surface area contributed by atoms with E-state index in [0.29, 0.717) is 24.0 Å². The molecule has 1 heterocycles. The molecule has 1 aliphatic rings. The SMILES string of the molecule is CCCC[C@]1(CC)CS(=O)(=O)c2ccc(N(C)C)cc2[C@@H](c2cccc(NC(=O)[C@H](O)[C@@H](O)[C@H](O)[C@H](O)CO)c2)[C@H]1O. The van der Waals surface area contributed by atoms with Crippen molar-refractivity contribution in [2.45, 2.75) is 80.9 Å². The van der Waals surface area contributed by atoms with Crippen molar-refractivity contribution in [1.29, 1.82) is 0 Å². The molecule has 7 atom stereocenters. The Morgan fingerprint density at radius 1 is 1.07 bits per heavy atom. The number of hydrogen-bond donors (Lipinski definition) is 7. The molecule has 0 bridgehead atoms. The molecule has 0 saturated carbocycles. The van der Waals surface area contributed by atoms with Gasteiger partial charge in [-0.1, -0.05) is 38.8 Å². The van der Waals surface area contributed by atoms with Gasteiger partial charge in [0.05, 0.1) is 23.4 Å². The van der Waals surface area contributed by atoms with E-state index in [2.05, 4.69) is 5.32 Å². The smallest absolute Gasteiger partial charge is 0.256 e. The number of anilines is 2. The molecule has 12 heteroatoms. The number of nitrogens with one attached hydrogen (secondary N) is 1. The number of aliphatic hydroxyl groups excluding tert-OH is 6. The minimum absolute atomic E-state index is 0.147. The maximum atomic E-state index is 13.8. The minimum atomic E-state index is -3.78. The van der Waals surface area contributed by atoms with Crippen LogP contribution in [0.1, 0.15) is 56.6 Å². The second-order valence-corrected chi connectivity index (χ2v) is 13.4. The van der Waals surface area contributed by atoms with E-state index in [9.17, 15) is 38.7 Å². The van der Waals surface area contributed by atoms with Gasteiger partial charge in [0.1, 0.15) is 18.3 Å². The molecule has 0 unspecified atom stereocenters. The van der Waals surface area contributed by atoms with Crippen molar-refractivity contribution in [3.05, 3.63) is 53.6 Å². The van der Waals surface area contributed by atoms with Gasteiger partial charge in [0.2, 0.25) is 0 Å². The van der Waals surface area contributed by atoms with Crippen molar-refractivity contribution < 1.29 is 43.9 Å². The maximum absolute atomic E-state index is 13.8. The van der Waals surface area contributed by atoms with E-state index in [0.717, 1.165) is 18.5 Å². The summed E-state index contributed by atoms with van der Waals surface area (Å²) in [4.78, 5) is 14.7. The molecule has 2 aromatic rings. The van der Waals surface area contributed by atoms with Gasteiger partial charge in [-0.05, 0) is 54.3 Å². The average Bonchev–Trinajstić information content (AvgIpc) is 3.04. The van der Waals surface area contributed by atoms with Crippen molar-refractivity contribution in [3.8, 4) is 0 Å². The third-order valence-electron chi connectivity index (χ3n) is 8.37. The van der Waals surface area contributed by atoms with Crippen LogP contribution in [0.15, 0.2) is 47.4 Å². The molecule has 0 radical (unpaired) electrons. The zero-order valence-corrected chi connectivity index (χ0v) is 25.3. The molecule has 2 aromatic carbocycles. The second kappa shape index (κ2) is 13.8. The minimum Gasteiger partial charge on any atom is -0.394 e. The molecule has 42 heavy (non-hydrogen) atoms. The summed E-state index contributed by atoms with van der Waals surface area (Å²) in [6.45, 7) is 3.01. The first-order valence-electron chi connectivity index (χ1n) is 14.2. The Bertz CT molecular complexity index is 1340. The Morgan fingerprint density at radius 3 is 2.36 bits per heavy atom. The fraction of sp³-hybridized carbons (Fsp3) is 0.567. The first-order valence-corrected chi connectivity index (χ1v) is 15.8. The van der Waals surface area contributed by atoms with Crippen LogP contribution in [0.4, 0.5) is 11.4 Å². The number of amides is 1. The summed E-state index contributed by atoms with van der Waals surface area (Å²) in [5.41, 5.74) is 1.00. The summed E-state index contributed by atoms with van der Waals surface area (Å²) in [7, 11) is -0.112. The number of sulfone groups is 1. The fourth-order valence-corrected chi connectivity index (χ4v) is 7.96. The van der Waals surface area contributed by atoms with Crippen molar-refractivity contribution in [2.75, 3.05) is 36.7 Å². The fourth-order valence-electron chi connectivity index (χ4n) is 5.71. The number of carbonyl (C=O) groups excluding carboxylic acids is 1. The van der Waals surface area contributed by atoms with E-state index in [1.54, 1.807) is 36.4 Å². The highest BCUT2D eigenvalue weighted by Gasteiger charge is 2.49. The number of fused-ring (bicyclic) bond motifs is 1. The van der Waals surface area contributed by atoms with Crippen molar-refractivity contribution in [1.82, 2.24) is 0 Å². The number of rotatable bonds is 12. The third-order valence-corrected chi connectivity index (χ3v) is 10.4. The van der Waals surface area contributed by atoms with Gasteiger partial charge in [-0.2, -0.15) is 0 Å². The molecule has 3 rings (SSSR count). The molecular weight excluding hydrogens is 564 g/mol. The number of aliphatic hydroxyl groups is 6. The van der Waals surface area contributed by atoms with Crippen molar-refractivity contribution in [2.24, 2.45) is 5.41 Å². The standard InChI is InChI=1S/C30H44N2O9S/c1-5-7-13-30(6-2)17-42(40,41)23-12-11-20(32(3)4)15-21(23)24(28(30)38)18-9-8-10-19(14-18)31-29(39)27(37)26(36)25(35)22(34)16-33/h8-12,14-15,22,24-28,33-38H,5-7,13,16-17H2,1-4H3,(H,31,39)/t22-,24-,25-,26+,27-,28-,30-/m1/s1. The van der Waals surface area contributed by atoms with Crippen LogP contribution >= 0.6 is 0 Å². The molecule has 0 aliphatic carbocycles. The number of hydrogen-bond acceptors (Lipinski definition) is 10. The Kier molecular flexibility index (Phi) is 11.2. The van der Waals surface area contributed by atoms with Gasteiger partial charge in [0.15, 0.2) is 15.9 Å². The lowest BCUT2D eigenvalue weighted by Gasteiger charge is -2.39. The number of benzene rings is 2. The highest BCUT2D eigenvalue weighted by Crippen LogP contribution is 2.49. The summed E-state index contributed by atoms with van der Waals surface area (Å²) in [6.07, 6.45) is -6.54. The monoisotopic (exact) mass is 608 g/mol. The predicted octanol–water partition coefficient (Wildman–Crippen LogP) is 0.994. The van der Waals surface area contributed by atoms with E-state index in [1.165, 1.54) is 6.07 Å². The van der Waals surface area contributed by atoms with E-state index < -0.39 is 64.2 Å². The number of carbonyl (C=O) groups is 1. The molecule has 0 fully saturated rings. The normalized spacial score (nSPS) is 24.5. The molecule has 11 nitrogen and oxygen atoms in total. The highest BCUT2D eigenvalue weighted by molar-refractivity contribution is 7.91. The molecule has 0 aromatic heterocycles. The molecule has 234 valence electrons. The lowest BCUT2D eigenvalue weighted by molar-refractivity contribution is -0.144. The van der Waals surface area contributed by atoms with Crippen LogP contribution in [0.5, 0.6) is 0 Å². The summed E-state index contributed by atoms with van der Waals surface area (Å²) in [5, 5.41) is 63.4. The average molecular weight is 609 g/mol. The Hall–Kier alpha value is -2.58. The van der Waals surface area contributed by atoms with Crippen LogP contribution in [0.3, 0.4) is 0 Å². The lowest BCUT2D eigenvalue weighted by Crippen LogP contribution is -2.50. The Labute approximate surface area is 247 Å². The zero-order chi connectivity index (χ0) is 31.4. The second-order valence-electron chi connectivity index (χ2n) is 11.4. The van der Waals surface area contributed by atoms with Crippen LogP contribution in [0.25, 0.3) is 0 Å². The van der Waals surface area contributed by atoms with Crippen LogP contribution in [0, 0.1) is 5.41 Å². The quantitative estimate of drug-likeness (QED) is 0.183. The number of nitrogens with zero attached hydrogens (tertiary/aromatic N) is 1. The summed E-state index contributed by atoms with van der Waals surface area (Å²) >= 11 is 0. The molecule has 0 saturated heterocycles. The van der Waals surface area contributed by atoms with E-state index in [-0.39, 0.29) is 16.3 Å². The Morgan fingerprint density at radius 2 is 1.76 bits per heavy atom. The molecular formula is C30H44N2O9S. The molecule has 1 aliphatic heterocycles. The summed E-state index contributed by atoms with van der Waals surface area (Å²) in [5.74, 6) is -2.05. The van der Waals surface area contributed by atoms with Crippen molar-refractivity contribution in [3.63, 3.8) is 0 Å². The van der Waals surface area contributed by atoms with E-state index in [1.807, 2.05) is 32.8 Å². The van der Waals surface area contributed by atoms with E-state index in [4.69, 9.17) is 5.11 Å². The lowest BCUT2D eigenvalue weighted by atomic mass is 9.69. The van der Waals surface area contributed by atoms with Gasteiger partial charge in [0, 0.05) is 36.8 Å². The van der Waals surface area contributed by atoms with Crippen LogP contribution in [-0.2, 0) is 14.6 Å². The maximum Gasteiger partial charge on any atom is 0.256 e. The topological polar surface area (TPSA) is 188 Å². The van der Waals surface area contributed by atoms with Gasteiger partial charge < -0.3 is 40.9 Å². The summed E-state index contributed by atoms with van der Waals surface area (Å²) < 4.78 is 27.6. The predicted molar refractivity (Wildman–Crippen MR) is 159 cm³/mol. The number of unbranched alkanes of at least 4 members (excludes halogenated alkanes) is 1. The largest absolute Gasteiger partial charge is 0.394 e. The summed E-state index contributed by atoms with van der Waals surface area (Å²) in [6, 6.07) is 11.6. The molecule has 0 spiro atoms. The van der Waals surface area contributed by atoms with Gasteiger partial charge in [-0.15, -0.1) is 0 Å². The van der Waals surface area contributed by atoms with Crippen molar-refractivity contribution >= 4 is 27.1 Å². The van der Waals surface area contributed by atoms with E-state index >= 15 is 0 Å². The third kappa shape index (κ3) is 6.96. The van der Waals surface area contributed by atoms with Crippen LogP contribution in [-0.4, -0.2) is 102 Å².